The normalized spacial score (nSPS) is 14.5. The van der Waals surface area contributed by atoms with Crippen LogP contribution in [0.5, 0.6) is 0 Å². The lowest BCUT2D eigenvalue weighted by Crippen LogP contribution is -2.28. The molecule has 1 aliphatic rings. The van der Waals surface area contributed by atoms with Crippen molar-refractivity contribution in [2.24, 2.45) is 0 Å². The number of nitrogen functional groups attached to an aromatic ring is 1. The van der Waals surface area contributed by atoms with Gasteiger partial charge >= 0.3 is 0 Å². The van der Waals surface area contributed by atoms with Crippen LogP contribution in [0, 0.1) is 5.82 Å². The number of aromatic nitrogens is 4. The summed E-state index contributed by atoms with van der Waals surface area (Å²) >= 11 is 0. The van der Waals surface area contributed by atoms with E-state index in [1.165, 1.54) is 18.3 Å². The molecular formula is C26H26F2N6O4S. The van der Waals surface area contributed by atoms with Crippen LogP contribution in [0.1, 0.15) is 18.4 Å². The van der Waals surface area contributed by atoms with Gasteiger partial charge in [-0.15, -0.1) is 10.2 Å². The molecule has 0 radical (unpaired) electrons. The Morgan fingerprint density at radius 2 is 1.79 bits per heavy atom. The Hall–Kier alpha value is -3.81. The molecular weight excluding hydrogens is 530 g/mol. The highest BCUT2D eigenvalue weighted by Gasteiger charge is 2.29. The maximum atomic E-state index is 14.7. The topological polar surface area (TPSA) is 146 Å². The minimum Gasteiger partial charge on any atom is -0.414 e. The monoisotopic (exact) mass is 556 g/mol. The van der Waals surface area contributed by atoms with Gasteiger partial charge in [-0.05, 0) is 42.7 Å². The predicted octanol–water partition coefficient (Wildman–Crippen LogP) is 3.59. The van der Waals surface area contributed by atoms with E-state index in [4.69, 9.17) is 14.9 Å². The van der Waals surface area contributed by atoms with E-state index in [0.29, 0.717) is 49.4 Å². The first kappa shape index (κ1) is 26.8. The number of nitrogens with two attached hydrogens (primary N) is 1. The number of sulfone groups is 1. The first-order chi connectivity index (χ1) is 18.9. The van der Waals surface area contributed by atoms with E-state index < -0.39 is 27.6 Å². The highest BCUT2D eigenvalue weighted by molar-refractivity contribution is 7.92. The quantitative estimate of drug-likeness (QED) is 0.293. The first-order valence-corrected chi connectivity index (χ1v) is 13.9. The van der Waals surface area contributed by atoms with Crippen molar-refractivity contribution < 1.29 is 26.4 Å². The minimum absolute atomic E-state index is 0.0300. The SMILES string of the molecule is Nc1ncc(-c2ccc(S(=O)(=O)C3CCOCC3)cc2)nc1-c1nnc(-c2ccc(CNCCF)cc2F)o1. The Morgan fingerprint density at radius 1 is 1.05 bits per heavy atom. The first-order valence-electron chi connectivity index (χ1n) is 12.3. The third-order valence-corrected chi connectivity index (χ3v) is 8.66. The molecule has 0 atom stereocenters. The molecule has 2 aromatic heterocycles. The molecule has 39 heavy (non-hydrogen) atoms. The van der Waals surface area contributed by atoms with Gasteiger partial charge in [-0.25, -0.2) is 27.2 Å². The zero-order chi connectivity index (χ0) is 27.4. The summed E-state index contributed by atoms with van der Waals surface area (Å²) in [5.41, 5.74) is 7.87. The van der Waals surface area contributed by atoms with Crippen molar-refractivity contribution >= 4 is 15.7 Å². The van der Waals surface area contributed by atoms with Gasteiger partial charge in [0.1, 0.15) is 12.5 Å². The number of ether oxygens (including phenoxy) is 1. The lowest BCUT2D eigenvalue weighted by atomic mass is 10.1. The predicted molar refractivity (Wildman–Crippen MR) is 139 cm³/mol. The summed E-state index contributed by atoms with van der Waals surface area (Å²) in [4.78, 5) is 8.90. The second kappa shape index (κ2) is 11.5. The van der Waals surface area contributed by atoms with Crippen molar-refractivity contribution in [2.45, 2.75) is 29.5 Å². The molecule has 1 fully saturated rings. The van der Waals surface area contributed by atoms with Crippen molar-refractivity contribution in [1.82, 2.24) is 25.5 Å². The number of rotatable bonds is 9. The van der Waals surface area contributed by atoms with Crippen LogP contribution in [-0.2, 0) is 21.1 Å². The molecule has 0 saturated carbocycles. The number of hydrogen-bond donors (Lipinski definition) is 2. The fourth-order valence-electron chi connectivity index (χ4n) is 4.26. The number of hydrogen-bond acceptors (Lipinski definition) is 10. The maximum Gasteiger partial charge on any atom is 0.270 e. The molecule has 0 aliphatic carbocycles. The number of benzene rings is 2. The van der Waals surface area contributed by atoms with Gasteiger partial charge in [-0.3, -0.25) is 0 Å². The Balaban J connectivity index is 1.37. The molecule has 13 heteroatoms. The number of anilines is 1. The number of nitrogens with zero attached hydrogens (tertiary/aromatic N) is 4. The van der Waals surface area contributed by atoms with Gasteiger partial charge in [0.15, 0.2) is 21.3 Å². The summed E-state index contributed by atoms with van der Waals surface area (Å²) in [5, 5.41) is 10.3. The van der Waals surface area contributed by atoms with E-state index in [9.17, 15) is 17.2 Å². The number of alkyl halides is 1. The Labute approximate surface area is 223 Å². The van der Waals surface area contributed by atoms with Crippen LogP contribution in [0.15, 0.2) is 58.0 Å². The Morgan fingerprint density at radius 3 is 2.51 bits per heavy atom. The molecule has 0 unspecified atom stereocenters. The zero-order valence-corrected chi connectivity index (χ0v) is 21.6. The van der Waals surface area contributed by atoms with Gasteiger partial charge in [0.2, 0.25) is 0 Å². The fraction of sp³-hybridized carbons (Fsp3) is 0.308. The number of nitrogens with one attached hydrogen (secondary N) is 1. The second-order valence-corrected chi connectivity index (χ2v) is 11.2. The molecule has 0 spiro atoms. The molecule has 2 aromatic carbocycles. The molecule has 5 rings (SSSR count). The lowest BCUT2D eigenvalue weighted by molar-refractivity contribution is 0.0983. The summed E-state index contributed by atoms with van der Waals surface area (Å²) in [6, 6.07) is 10.9. The van der Waals surface area contributed by atoms with Crippen LogP contribution in [0.4, 0.5) is 14.6 Å². The zero-order valence-electron chi connectivity index (χ0n) is 20.8. The highest BCUT2D eigenvalue weighted by atomic mass is 32.2. The van der Waals surface area contributed by atoms with Gasteiger partial charge in [-0.2, -0.15) is 0 Å². The molecule has 3 N–H and O–H groups in total. The van der Waals surface area contributed by atoms with Crippen LogP contribution < -0.4 is 11.1 Å². The molecule has 10 nitrogen and oxygen atoms in total. The second-order valence-electron chi connectivity index (χ2n) is 8.96. The minimum atomic E-state index is -3.47. The third kappa shape index (κ3) is 5.79. The fourth-order valence-corrected chi connectivity index (χ4v) is 5.97. The van der Waals surface area contributed by atoms with Crippen LogP contribution in [-0.4, -0.2) is 60.3 Å². The van der Waals surface area contributed by atoms with Crippen molar-refractivity contribution in [3.63, 3.8) is 0 Å². The lowest BCUT2D eigenvalue weighted by Gasteiger charge is -2.22. The molecule has 0 amide bonds. The maximum absolute atomic E-state index is 14.7. The van der Waals surface area contributed by atoms with Gasteiger partial charge in [0, 0.05) is 31.9 Å². The standard InChI is InChI=1S/C26H26F2N6O4S/c27-9-10-30-14-16-1-6-20(21(28)13-16)25-33-34-26(38-25)23-24(29)31-15-22(32-23)17-2-4-18(5-3-17)39(35,36)19-7-11-37-12-8-19/h1-6,13,15,19,30H,7-12,14H2,(H2,29,31). The summed E-state index contributed by atoms with van der Waals surface area (Å²) in [7, 11) is -3.47. The Kier molecular flexibility index (Phi) is 7.91. The van der Waals surface area contributed by atoms with E-state index in [1.54, 1.807) is 30.3 Å². The van der Waals surface area contributed by atoms with Gasteiger partial charge in [0.05, 0.1) is 27.6 Å². The average Bonchev–Trinajstić information content (AvgIpc) is 3.44. The van der Waals surface area contributed by atoms with E-state index in [1.807, 2.05) is 0 Å². The smallest absolute Gasteiger partial charge is 0.270 e. The molecule has 1 saturated heterocycles. The summed E-state index contributed by atoms with van der Waals surface area (Å²) in [6.07, 6.45) is 2.39. The average molecular weight is 557 g/mol. The van der Waals surface area contributed by atoms with E-state index in [2.05, 4.69) is 25.5 Å². The van der Waals surface area contributed by atoms with E-state index >= 15 is 0 Å². The molecule has 3 heterocycles. The highest BCUT2D eigenvalue weighted by Crippen LogP contribution is 2.30. The molecule has 1 aliphatic heterocycles. The third-order valence-electron chi connectivity index (χ3n) is 6.38. The molecule has 0 bridgehead atoms. The largest absolute Gasteiger partial charge is 0.414 e. The van der Waals surface area contributed by atoms with Crippen LogP contribution in [0.3, 0.4) is 0 Å². The van der Waals surface area contributed by atoms with Crippen molar-refractivity contribution in [3.8, 4) is 34.3 Å². The van der Waals surface area contributed by atoms with E-state index in [0.717, 1.165) is 0 Å². The summed E-state index contributed by atoms with van der Waals surface area (Å²) < 4.78 is 63.9. The van der Waals surface area contributed by atoms with E-state index in [-0.39, 0.29) is 40.3 Å². The van der Waals surface area contributed by atoms with Gasteiger partial charge in [-0.1, -0.05) is 18.2 Å². The van der Waals surface area contributed by atoms with Crippen molar-refractivity contribution in [3.05, 3.63) is 60.0 Å². The molecule has 4 aromatic rings. The molecule has 204 valence electrons. The number of halogens is 2. The van der Waals surface area contributed by atoms with Crippen molar-refractivity contribution in [1.29, 1.82) is 0 Å². The van der Waals surface area contributed by atoms with Crippen LogP contribution in [0.2, 0.25) is 0 Å². The summed E-state index contributed by atoms with van der Waals surface area (Å²) in [5.74, 6) is -0.667. The van der Waals surface area contributed by atoms with Crippen molar-refractivity contribution in [2.75, 3.05) is 32.2 Å². The van der Waals surface area contributed by atoms with Crippen LogP contribution in [0.25, 0.3) is 34.3 Å². The Bertz CT molecular complexity index is 1560. The van der Waals surface area contributed by atoms with Gasteiger partial charge in [0.25, 0.3) is 11.8 Å². The summed E-state index contributed by atoms with van der Waals surface area (Å²) in [6.45, 7) is 0.845. The van der Waals surface area contributed by atoms with Gasteiger partial charge < -0.3 is 20.2 Å². The van der Waals surface area contributed by atoms with Crippen LogP contribution >= 0.6 is 0 Å².